The number of benzene rings is 2. The number of methoxy groups -OCH3 is 2. The van der Waals surface area contributed by atoms with Crippen molar-refractivity contribution in [2.75, 3.05) is 14.2 Å². The summed E-state index contributed by atoms with van der Waals surface area (Å²) in [6, 6.07) is 16.0. The molecule has 0 amide bonds. The van der Waals surface area contributed by atoms with Gasteiger partial charge in [0.15, 0.2) is 0 Å². The highest BCUT2D eigenvalue weighted by Gasteiger charge is 2.25. The Labute approximate surface area is 329 Å². The van der Waals surface area contributed by atoms with Gasteiger partial charge in [-0.2, -0.15) is 4.98 Å². The molecular weight excluding hydrogens is 725 g/mol. The molecule has 6 rings (SSSR count). The highest BCUT2D eigenvalue weighted by Crippen LogP contribution is 2.36. The molecule has 54 heavy (non-hydrogen) atoms. The normalized spacial score (nSPS) is 20.1. The summed E-state index contributed by atoms with van der Waals surface area (Å²) < 4.78 is 23.8. The third kappa shape index (κ3) is 9.61. The van der Waals surface area contributed by atoms with Crippen molar-refractivity contribution in [2.45, 2.75) is 116 Å². The van der Waals surface area contributed by atoms with E-state index in [1.165, 1.54) is 6.42 Å². The standard InChI is InChI=1S/C43H53Cl2N3O6/c1-26-30(24-54-43-35(45)22-31(42(48-43)52-4)23-46-36-15-6-8-17-39(36)50)12-9-13-32(26)33-14-10-18-40(27(33)2)53-25-37-34(44)21-29(41(47-37)51-3)20-19-28-11-5-7-16-38(28)49/h9-10,12-14,18,21-22,28,36,38-39,46,49-50H,5-8,11,15-17,19-20,23-25H2,1-4H3/t28-,36+,38+,39+/m0/s1. The second kappa shape index (κ2) is 18.8. The molecule has 2 saturated carbocycles. The van der Waals surface area contributed by atoms with Crippen molar-refractivity contribution in [1.29, 1.82) is 0 Å². The van der Waals surface area contributed by atoms with E-state index in [1.54, 1.807) is 14.2 Å². The zero-order chi connectivity index (χ0) is 38.2. The minimum Gasteiger partial charge on any atom is -0.487 e. The van der Waals surface area contributed by atoms with E-state index in [0.29, 0.717) is 45.8 Å². The summed E-state index contributed by atoms with van der Waals surface area (Å²) in [7, 11) is 3.20. The fourth-order valence-electron chi connectivity index (χ4n) is 7.84. The minimum absolute atomic E-state index is 0.0411. The summed E-state index contributed by atoms with van der Waals surface area (Å²) in [6.45, 7) is 5.06. The van der Waals surface area contributed by atoms with Gasteiger partial charge in [0.1, 0.15) is 29.7 Å². The maximum atomic E-state index is 10.4. The Morgan fingerprint density at radius 1 is 0.704 bits per heavy atom. The number of nitrogens with one attached hydrogen (secondary N) is 1. The van der Waals surface area contributed by atoms with Gasteiger partial charge < -0.3 is 34.5 Å². The predicted octanol–water partition coefficient (Wildman–Crippen LogP) is 9.12. The van der Waals surface area contributed by atoms with Crippen LogP contribution in [0.4, 0.5) is 0 Å². The van der Waals surface area contributed by atoms with Crippen LogP contribution in [-0.4, -0.2) is 52.7 Å². The Morgan fingerprint density at radius 3 is 2.11 bits per heavy atom. The Morgan fingerprint density at radius 2 is 1.37 bits per heavy atom. The molecule has 3 N–H and O–H groups in total. The van der Waals surface area contributed by atoms with E-state index >= 15 is 0 Å². The van der Waals surface area contributed by atoms with E-state index < -0.39 is 0 Å². The van der Waals surface area contributed by atoms with Crippen molar-refractivity contribution in [3.8, 4) is 34.5 Å². The highest BCUT2D eigenvalue weighted by atomic mass is 35.5. The molecule has 0 aliphatic heterocycles. The summed E-state index contributed by atoms with van der Waals surface area (Å²) in [5, 5.41) is 25.2. The maximum absolute atomic E-state index is 10.4. The van der Waals surface area contributed by atoms with Crippen molar-refractivity contribution in [3.05, 3.63) is 92.1 Å². The van der Waals surface area contributed by atoms with E-state index in [4.69, 9.17) is 47.1 Å². The largest absolute Gasteiger partial charge is 0.487 e. The van der Waals surface area contributed by atoms with Crippen LogP contribution in [-0.2, 0) is 26.2 Å². The molecule has 9 nitrogen and oxygen atoms in total. The van der Waals surface area contributed by atoms with Crippen molar-refractivity contribution in [1.82, 2.24) is 15.3 Å². The number of aliphatic hydroxyl groups is 2. The van der Waals surface area contributed by atoms with Gasteiger partial charge in [-0.3, -0.25) is 0 Å². The number of halogens is 2. The van der Waals surface area contributed by atoms with Crippen LogP contribution < -0.4 is 24.3 Å². The first kappa shape index (κ1) is 40.1. The molecule has 0 saturated heterocycles. The second-order valence-corrected chi connectivity index (χ2v) is 15.4. The summed E-state index contributed by atoms with van der Waals surface area (Å²) in [5.74, 6) is 2.31. The van der Waals surface area contributed by atoms with E-state index in [1.807, 2.05) is 43.3 Å². The lowest BCUT2D eigenvalue weighted by Crippen LogP contribution is -2.41. The van der Waals surface area contributed by atoms with Gasteiger partial charge in [0.25, 0.3) is 0 Å². The lowest BCUT2D eigenvalue weighted by Gasteiger charge is -2.28. The monoisotopic (exact) mass is 777 g/mol. The number of hydrogen-bond donors (Lipinski definition) is 3. The third-order valence-electron chi connectivity index (χ3n) is 11.1. The molecule has 2 heterocycles. The molecule has 4 aromatic rings. The summed E-state index contributed by atoms with van der Waals surface area (Å²) in [5.41, 5.74) is 7.51. The molecule has 2 fully saturated rings. The Kier molecular flexibility index (Phi) is 14.0. The van der Waals surface area contributed by atoms with Gasteiger partial charge >= 0.3 is 0 Å². The number of ether oxygens (including phenoxy) is 4. The topological polar surface area (TPSA) is 115 Å². The maximum Gasteiger partial charge on any atom is 0.236 e. The number of aromatic nitrogens is 2. The highest BCUT2D eigenvalue weighted by molar-refractivity contribution is 6.32. The number of pyridine rings is 2. The molecule has 0 unspecified atom stereocenters. The van der Waals surface area contributed by atoms with Gasteiger partial charge in [0, 0.05) is 23.7 Å². The predicted molar refractivity (Wildman–Crippen MR) is 213 cm³/mol. The van der Waals surface area contributed by atoms with Crippen LogP contribution in [0.1, 0.15) is 91.3 Å². The van der Waals surface area contributed by atoms with Gasteiger partial charge in [0.2, 0.25) is 17.6 Å². The fourth-order valence-corrected chi connectivity index (χ4v) is 8.30. The number of rotatable bonds is 15. The second-order valence-electron chi connectivity index (χ2n) is 14.6. The lowest BCUT2D eigenvalue weighted by molar-refractivity contribution is 0.0654. The van der Waals surface area contributed by atoms with E-state index in [-0.39, 0.29) is 31.5 Å². The molecule has 2 aromatic heterocycles. The molecule has 4 atom stereocenters. The van der Waals surface area contributed by atoms with Crippen molar-refractivity contribution in [3.63, 3.8) is 0 Å². The number of hydrogen-bond acceptors (Lipinski definition) is 9. The van der Waals surface area contributed by atoms with Crippen molar-refractivity contribution < 1.29 is 29.2 Å². The number of aliphatic hydroxyl groups excluding tert-OH is 2. The molecule has 0 spiro atoms. The zero-order valence-electron chi connectivity index (χ0n) is 31.8. The first-order chi connectivity index (χ1) is 26.2. The summed E-state index contributed by atoms with van der Waals surface area (Å²) in [6.07, 6.45) is 9.13. The summed E-state index contributed by atoms with van der Waals surface area (Å²) in [4.78, 5) is 9.33. The van der Waals surface area contributed by atoms with Crippen molar-refractivity contribution in [2.24, 2.45) is 5.92 Å². The molecule has 290 valence electrons. The molecule has 11 heteroatoms. The van der Waals surface area contributed by atoms with Gasteiger partial charge in [0.05, 0.1) is 31.5 Å². The molecule has 2 aliphatic rings. The van der Waals surface area contributed by atoms with Gasteiger partial charge in [-0.05, 0) is 104 Å². The average Bonchev–Trinajstić information content (AvgIpc) is 3.17. The number of nitrogens with zero attached hydrogens (tertiary/aromatic N) is 2. The lowest BCUT2D eigenvalue weighted by atomic mass is 9.83. The molecule has 2 aliphatic carbocycles. The Hall–Kier alpha value is -3.60. The van der Waals surface area contributed by atoms with Crippen LogP contribution in [0.3, 0.4) is 0 Å². The first-order valence-corrected chi connectivity index (χ1v) is 19.9. The third-order valence-corrected chi connectivity index (χ3v) is 11.7. The molecule has 0 bridgehead atoms. The molecule has 2 aromatic carbocycles. The van der Waals surface area contributed by atoms with E-state index in [2.05, 4.69) is 29.4 Å². The Balaban J connectivity index is 1.12. The minimum atomic E-state index is -0.351. The zero-order valence-corrected chi connectivity index (χ0v) is 33.3. The van der Waals surface area contributed by atoms with Crippen LogP contribution in [0.5, 0.6) is 23.4 Å². The Bertz CT molecular complexity index is 1760. The SMILES string of the molecule is COc1nc(COc2cccc(-c3cccc(COc4nc(OC)c(CN[C@@H]5CCCC[C@H]5O)cc4Cl)c3C)c2C)c(Cl)cc1CC[C@@H]1CCCC[C@H]1O. The first-order valence-electron chi connectivity index (χ1n) is 19.2. The van der Waals surface area contributed by atoms with Gasteiger partial charge in [-0.25, -0.2) is 4.98 Å². The van der Waals surface area contributed by atoms with Crippen molar-refractivity contribution >= 4 is 23.2 Å². The fraction of sp³-hybridized carbons (Fsp3) is 0.488. The van der Waals surface area contributed by atoms with Gasteiger partial charge in [-0.1, -0.05) is 79.2 Å². The molecular formula is C43H53Cl2N3O6. The van der Waals surface area contributed by atoms with Crippen LogP contribution in [0.25, 0.3) is 11.1 Å². The van der Waals surface area contributed by atoms with E-state index in [0.717, 1.165) is 102 Å². The van der Waals surface area contributed by atoms with Gasteiger partial charge in [-0.15, -0.1) is 0 Å². The van der Waals surface area contributed by atoms with Crippen LogP contribution in [0.15, 0.2) is 48.5 Å². The van der Waals surface area contributed by atoms with E-state index in [9.17, 15) is 10.2 Å². The average molecular weight is 779 g/mol. The summed E-state index contributed by atoms with van der Waals surface area (Å²) >= 11 is 13.4. The van der Waals surface area contributed by atoms with Crippen LogP contribution in [0, 0.1) is 19.8 Å². The number of aryl methyl sites for hydroxylation is 1. The van der Waals surface area contributed by atoms with Crippen LogP contribution in [0.2, 0.25) is 10.0 Å². The quantitative estimate of drug-likeness (QED) is 0.109. The smallest absolute Gasteiger partial charge is 0.236 e. The molecule has 0 radical (unpaired) electrons. The van der Waals surface area contributed by atoms with Crippen LogP contribution >= 0.6 is 23.2 Å².